The lowest BCUT2D eigenvalue weighted by atomic mass is 10.2. The number of anilines is 2. The third-order valence-electron chi connectivity index (χ3n) is 6.26. The van der Waals surface area contributed by atoms with Crippen LogP contribution in [0.4, 0.5) is 11.6 Å². The SMILES string of the molecule is COc1cc2c(cc1Oc1ccc(C(=O)Nc3c(OC)nc(NCCCN(C)C)nc3OC)o1)[Si](C)(C)C=C2. The fourth-order valence-electron chi connectivity index (χ4n) is 4.18. The molecule has 0 saturated carbocycles. The zero-order chi connectivity index (χ0) is 28.2. The van der Waals surface area contributed by atoms with Crippen LogP contribution in [0.3, 0.4) is 0 Å². The van der Waals surface area contributed by atoms with E-state index in [1.54, 1.807) is 13.2 Å². The third-order valence-corrected chi connectivity index (χ3v) is 9.08. The molecule has 0 atom stereocenters. The highest BCUT2D eigenvalue weighted by Crippen LogP contribution is 2.36. The summed E-state index contributed by atoms with van der Waals surface area (Å²) >= 11 is 0. The molecule has 11 nitrogen and oxygen atoms in total. The number of rotatable bonds is 12. The maximum atomic E-state index is 13.1. The van der Waals surface area contributed by atoms with Crippen molar-refractivity contribution in [3.8, 4) is 29.2 Å². The first kappa shape index (κ1) is 28.0. The first-order valence-electron chi connectivity index (χ1n) is 12.5. The monoisotopic (exact) mass is 553 g/mol. The lowest BCUT2D eigenvalue weighted by molar-refractivity contribution is 0.0990. The van der Waals surface area contributed by atoms with Gasteiger partial charge in [0.15, 0.2) is 22.9 Å². The van der Waals surface area contributed by atoms with Crippen LogP contribution in [-0.2, 0) is 0 Å². The Bertz CT molecular complexity index is 1350. The highest BCUT2D eigenvalue weighted by atomic mass is 28.3. The normalized spacial score (nSPS) is 13.2. The molecule has 0 aliphatic carbocycles. The van der Waals surface area contributed by atoms with Crippen molar-refractivity contribution < 1.29 is 28.2 Å². The number of hydrogen-bond donors (Lipinski definition) is 2. The Labute approximate surface area is 229 Å². The number of hydrogen-bond acceptors (Lipinski definition) is 10. The van der Waals surface area contributed by atoms with E-state index >= 15 is 0 Å². The van der Waals surface area contributed by atoms with Gasteiger partial charge in [0.25, 0.3) is 11.9 Å². The number of fused-ring (bicyclic) bond motifs is 1. The second-order valence-electron chi connectivity index (χ2n) is 9.84. The lowest BCUT2D eigenvalue weighted by Gasteiger charge is -2.18. The molecule has 4 rings (SSSR count). The van der Waals surface area contributed by atoms with Crippen molar-refractivity contribution in [1.29, 1.82) is 0 Å². The zero-order valence-corrected chi connectivity index (χ0v) is 24.4. The van der Waals surface area contributed by atoms with E-state index in [0.717, 1.165) is 18.5 Å². The number of ether oxygens (including phenoxy) is 4. The number of nitrogens with zero attached hydrogens (tertiary/aromatic N) is 3. The molecule has 0 spiro atoms. The highest BCUT2D eigenvalue weighted by Gasteiger charge is 2.29. The Balaban J connectivity index is 1.49. The van der Waals surface area contributed by atoms with E-state index in [2.05, 4.69) is 50.4 Å². The molecular weight excluding hydrogens is 518 g/mol. The van der Waals surface area contributed by atoms with Crippen molar-refractivity contribution in [2.75, 3.05) is 59.1 Å². The largest absolute Gasteiger partial charge is 0.493 e. The maximum Gasteiger partial charge on any atom is 0.291 e. The average Bonchev–Trinajstić information content (AvgIpc) is 3.50. The quantitative estimate of drug-likeness (QED) is 0.252. The smallest absolute Gasteiger partial charge is 0.291 e. The highest BCUT2D eigenvalue weighted by molar-refractivity contribution is 6.96. The van der Waals surface area contributed by atoms with Gasteiger partial charge in [-0.25, -0.2) is 0 Å². The first-order valence-corrected chi connectivity index (χ1v) is 15.6. The predicted octanol–water partition coefficient (Wildman–Crippen LogP) is 3.99. The molecule has 2 N–H and O–H groups in total. The topological polar surface area (TPSA) is 120 Å². The Hall–Kier alpha value is -4.03. The summed E-state index contributed by atoms with van der Waals surface area (Å²) in [5.74, 6) is 1.36. The van der Waals surface area contributed by atoms with Crippen LogP contribution in [0, 0.1) is 0 Å². The van der Waals surface area contributed by atoms with Gasteiger partial charge >= 0.3 is 0 Å². The van der Waals surface area contributed by atoms with Gasteiger partial charge in [0, 0.05) is 12.6 Å². The van der Waals surface area contributed by atoms with Crippen molar-refractivity contribution in [1.82, 2.24) is 14.9 Å². The fraction of sp³-hybridized carbons (Fsp3) is 0.370. The van der Waals surface area contributed by atoms with E-state index in [4.69, 9.17) is 23.4 Å². The van der Waals surface area contributed by atoms with Crippen molar-refractivity contribution in [3.05, 3.63) is 41.3 Å². The summed E-state index contributed by atoms with van der Waals surface area (Å²) in [6, 6.07) is 7.05. The molecule has 39 heavy (non-hydrogen) atoms. The van der Waals surface area contributed by atoms with Crippen LogP contribution in [0.2, 0.25) is 13.1 Å². The molecule has 0 unspecified atom stereocenters. The van der Waals surface area contributed by atoms with Gasteiger partial charge in [0.1, 0.15) is 8.07 Å². The summed E-state index contributed by atoms with van der Waals surface area (Å²) in [4.78, 5) is 23.9. The molecule has 1 aliphatic rings. The van der Waals surface area contributed by atoms with Gasteiger partial charge in [-0.05, 0) is 56.0 Å². The molecule has 1 amide bonds. The Morgan fingerprint density at radius 3 is 2.38 bits per heavy atom. The molecule has 3 heterocycles. The van der Waals surface area contributed by atoms with Crippen LogP contribution in [0.15, 0.2) is 34.4 Å². The number of furan rings is 1. The molecule has 0 fully saturated rings. The molecule has 0 bridgehead atoms. The average molecular weight is 554 g/mol. The predicted molar refractivity (Wildman–Crippen MR) is 153 cm³/mol. The van der Waals surface area contributed by atoms with Crippen LogP contribution in [0.25, 0.3) is 6.08 Å². The van der Waals surface area contributed by atoms with Crippen LogP contribution in [0.1, 0.15) is 22.5 Å². The summed E-state index contributed by atoms with van der Waals surface area (Å²) in [7, 11) is 6.83. The van der Waals surface area contributed by atoms with E-state index in [9.17, 15) is 4.79 Å². The van der Waals surface area contributed by atoms with Gasteiger partial charge in [-0.1, -0.05) is 24.9 Å². The number of carbonyl (C=O) groups is 1. The van der Waals surface area contributed by atoms with Crippen molar-refractivity contribution >= 4 is 36.9 Å². The van der Waals surface area contributed by atoms with E-state index in [0.29, 0.717) is 24.0 Å². The third kappa shape index (κ3) is 6.34. The molecular formula is C27H35N5O6Si. The molecule has 1 aromatic carbocycles. The molecule has 208 valence electrons. The molecule has 0 saturated heterocycles. The fourth-order valence-corrected chi connectivity index (χ4v) is 6.36. The summed E-state index contributed by atoms with van der Waals surface area (Å²) in [5, 5.41) is 7.12. The Morgan fingerprint density at radius 1 is 1.03 bits per heavy atom. The summed E-state index contributed by atoms with van der Waals surface area (Å²) in [6.45, 7) is 6.11. The second-order valence-corrected chi connectivity index (χ2v) is 14.2. The van der Waals surface area contributed by atoms with Gasteiger partial charge < -0.3 is 38.9 Å². The minimum Gasteiger partial charge on any atom is -0.493 e. The van der Waals surface area contributed by atoms with E-state index in [1.807, 2.05) is 26.2 Å². The van der Waals surface area contributed by atoms with Crippen molar-refractivity contribution in [2.45, 2.75) is 19.5 Å². The molecule has 2 aromatic heterocycles. The van der Waals surface area contributed by atoms with Crippen LogP contribution in [0.5, 0.6) is 29.2 Å². The maximum absolute atomic E-state index is 13.1. The van der Waals surface area contributed by atoms with Crippen molar-refractivity contribution in [3.63, 3.8) is 0 Å². The molecule has 3 aromatic rings. The summed E-state index contributed by atoms with van der Waals surface area (Å²) < 4.78 is 28.1. The summed E-state index contributed by atoms with van der Waals surface area (Å²) in [6.07, 6.45) is 3.03. The van der Waals surface area contributed by atoms with Crippen LogP contribution >= 0.6 is 0 Å². The molecule has 0 radical (unpaired) electrons. The summed E-state index contributed by atoms with van der Waals surface area (Å²) in [5.41, 5.74) is 3.59. The van der Waals surface area contributed by atoms with Gasteiger partial charge in [-0.2, -0.15) is 9.97 Å². The van der Waals surface area contributed by atoms with Gasteiger partial charge in [0.05, 0.1) is 21.3 Å². The Morgan fingerprint density at radius 2 is 1.74 bits per heavy atom. The molecule has 1 aliphatic heterocycles. The second kappa shape index (κ2) is 11.8. The van der Waals surface area contributed by atoms with E-state index < -0.39 is 14.0 Å². The zero-order valence-electron chi connectivity index (χ0n) is 23.4. The number of nitrogens with one attached hydrogen (secondary N) is 2. The van der Waals surface area contributed by atoms with Crippen LogP contribution < -0.4 is 34.8 Å². The van der Waals surface area contributed by atoms with Gasteiger partial charge in [-0.3, -0.25) is 4.79 Å². The van der Waals surface area contributed by atoms with E-state index in [-0.39, 0.29) is 29.2 Å². The van der Waals surface area contributed by atoms with Gasteiger partial charge in [-0.15, -0.1) is 0 Å². The number of aromatic nitrogens is 2. The standard InChI is InChI=1S/C27H35N5O6Si/c1-32(2)13-8-12-28-27-30-25(35-4)23(26(31-27)36-5)29-24(33)18-9-10-22(37-18)38-20-16-21-17(15-19(20)34-3)11-14-39(21,6)7/h9-11,14-16H,8,12-13H2,1-7H3,(H,29,33)(H,28,30,31). The minimum atomic E-state index is -1.69. The molecule has 12 heteroatoms. The van der Waals surface area contributed by atoms with Crippen molar-refractivity contribution in [2.24, 2.45) is 0 Å². The first-order chi connectivity index (χ1) is 18.6. The lowest BCUT2D eigenvalue weighted by Crippen LogP contribution is -2.37. The van der Waals surface area contributed by atoms with Gasteiger partial charge in [0.2, 0.25) is 17.7 Å². The van der Waals surface area contributed by atoms with Crippen LogP contribution in [-0.4, -0.2) is 77.4 Å². The number of amides is 1. The number of carbonyl (C=O) groups excluding carboxylic acids is 1. The van der Waals surface area contributed by atoms with E-state index in [1.165, 1.54) is 25.5 Å². The number of benzene rings is 1. The number of methoxy groups -OCH3 is 3. The minimum absolute atomic E-state index is 0.0245. The Kier molecular flexibility index (Phi) is 8.46.